The van der Waals surface area contributed by atoms with Gasteiger partial charge >= 0.3 is 0 Å². The third-order valence-electron chi connectivity index (χ3n) is 13.3. The highest BCUT2D eigenvalue weighted by Crippen LogP contribution is 2.60. The van der Waals surface area contributed by atoms with E-state index in [1.165, 1.54) is 116 Å². The first-order valence-electron chi connectivity index (χ1n) is 21.9. The molecule has 0 bridgehead atoms. The second-order valence-corrected chi connectivity index (χ2v) is 16.7. The summed E-state index contributed by atoms with van der Waals surface area (Å²) >= 11 is 0. The zero-order valence-electron chi connectivity index (χ0n) is 34.3. The molecule has 2 aliphatic rings. The number of hydrogen-bond donors (Lipinski definition) is 0. The van der Waals surface area contributed by atoms with E-state index in [-0.39, 0.29) is 5.41 Å². The van der Waals surface area contributed by atoms with E-state index in [0.29, 0.717) is 0 Å². The van der Waals surface area contributed by atoms with Crippen molar-refractivity contribution >= 4 is 17.1 Å². The molecule has 0 unspecified atom stereocenters. The van der Waals surface area contributed by atoms with Gasteiger partial charge in [0, 0.05) is 22.2 Å². The van der Waals surface area contributed by atoms with E-state index in [4.69, 9.17) is 0 Å². The molecule has 0 atom stereocenters. The minimum absolute atomic E-state index is 0.0280. The van der Waals surface area contributed by atoms with Gasteiger partial charge in [-0.3, -0.25) is 0 Å². The van der Waals surface area contributed by atoms with E-state index in [1.807, 2.05) is 0 Å². The maximum atomic E-state index is 2.59. The molecule has 9 aromatic rings. The van der Waals surface area contributed by atoms with Crippen LogP contribution in [0.4, 0.5) is 17.1 Å². The maximum Gasteiger partial charge on any atom is 0.0543 e. The zero-order valence-corrected chi connectivity index (χ0v) is 34.3. The van der Waals surface area contributed by atoms with E-state index in [0.717, 1.165) is 11.4 Å². The fraction of sp³-hybridized carbons (Fsp3) is 0.100. The number of rotatable bonds is 8. The predicted molar refractivity (Wildman–Crippen MR) is 258 cm³/mol. The van der Waals surface area contributed by atoms with Gasteiger partial charge in [-0.15, -0.1) is 0 Å². The Hall–Kier alpha value is -7.22. The lowest BCUT2D eigenvalue weighted by Crippen LogP contribution is -2.28. The summed E-state index contributed by atoms with van der Waals surface area (Å²) in [7, 11) is 0. The monoisotopic (exact) mass is 781 g/mol. The average molecular weight is 782 g/mol. The molecule has 0 radical (unpaired) electrons. The third-order valence-corrected chi connectivity index (χ3v) is 13.3. The molecule has 0 heterocycles. The van der Waals surface area contributed by atoms with Gasteiger partial charge in [-0.25, -0.2) is 0 Å². The van der Waals surface area contributed by atoms with Crippen molar-refractivity contribution in [3.63, 3.8) is 0 Å². The normalized spacial score (nSPS) is 13.7. The van der Waals surface area contributed by atoms with E-state index >= 15 is 0 Å². The summed E-state index contributed by atoms with van der Waals surface area (Å²) in [6, 6.07) is 83.1. The van der Waals surface area contributed by atoms with Crippen molar-refractivity contribution in [2.75, 3.05) is 4.90 Å². The molecule has 1 spiro atoms. The Morgan fingerprint density at radius 3 is 1.36 bits per heavy atom. The maximum absolute atomic E-state index is 2.59. The Balaban J connectivity index is 1.20. The summed E-state index contributed by atoms with van der Waals surface area (Å²) in [4.78, 5) is 2.59. The smallest absolute Gasteiger partial charge is 0.0543 e. The standard InChI is InChI=1S/C60H47N/c1-5-22-43(23-6-1)46-40-47(44-24-7-2-8-25-44)42-48(41-46)61(58-37-21-35-56-59(58)54-33-15-17-34-55(54)60(56)38-19-4-20-39-60)57-36-18-16-32-53(57)52-31-14-13-30-51(52)50-29-12-11-28-49(50)45-26-9-3-10-27-45/h1-3,5-18,21-37,40-42H,4,19-20,38-39H2. The van der Waals surface area contributed by atoms with Crippen LogP contribution in [-0.4, -0.2) is 0 Å². The molecule has 1 saturated carbocycles. The van der Waals surface area contributed by atoms with Crippen LogP contribution in [-0.2, 0) is 5.41 Å². The molecule has 9 aromatic carbocycles. The van der Waals surface area contributed by atoms with Crippen molar-refractivity contribution in [3.8, 4) is 66.8 Å². The molecular formula is C60H47N. The summed E-state index contributed by atoms with van der Waals surface area (Å²) in [6.45, 7) is 0. The summed E-state index contributed by atoms with van der Waals surface area (Å²) in [5, 5.41) is 0. The van der Waals surface area contributed by atoms with Crippen LogP contribution < -0.4 is 4.90 Å². The minimum Gasteiger partial charge on any atom is -0.309 e. The van der Waals surface area contributed by atoms with Crippen molar-refractivity contribution in [2.24, 2.45) is 0 Å². The highest BCUT2D eigenvalue weighted by molar-refractivity contribution is 6.01. The van der Waals surface area contributed by atoms with Gasteiger partial charge < -0.3 is 4.90 Å². The molecular weight excluding hydrogens is 735 g/mol. The molecule has 2 aliphatic carbocycles. The largest absolute Gasteiger partial charge is 0.309 e. The van der Waals surface area contributed by atoms with Crippen molar-refractivity contribution in [1.82, 2.24) is 0 Å². The quantitative estimate of drug-likeness (QED) is 0.148. The van der Waals surface area contributed by atoms with Crippen LogP contribution in [0.5, 0.6) is 0 Å². The van der Waals surface area contributed by atoms with Gasteiger partial charge in [0.2, 0.25) is 0 Å². The van der Waals surface area contributed by atoms with Crippen molar-refractivity contribution in [2.45, 2.75) is 37.5 Å². The second kappa shape index (κ2) is 15.8. The molecule has 292 valence electrons. The Labute approximate surface area is 360 Å². The molecule has 1 nitrogen and oxygen atoms in total. The van der Waals surface area contributed by atoms with Gasteiger partial charge in [-0.1, -0.05) is 213 Å². The minimum atomic E-state index is 0.0280. The Morgan fingerprint density at radius 2 is 0.738 bits per heavy atom. The van der Waals surface area contributed by atoms with Gasteiger partial charge in [0.1, 0.15) is 0 Å². The van der Waals surface area contributed by atoms with E-state index in [2.05, 4.69) is 229 Å². The van der Waals surface area contributed by atoms with Crippen LogP contribution in [0.3, 0.4) is 0 Å². The molecule has 11 rings (SSSR count). The highest BCUT2D eigenvalue weighted by atomic mass is 15.1. The van der Waals surface area contributed by atoms with Gasteiger partial charge in [0.15, 0.2) is 0 Å². The van der Waals surface area contributed by atoms with Crippen LogP contribution in [0.25, 0.3) is 66.8 Å². The van der Waals surface area contributed by atoms with Gasteiger partial charge in [0.25, 0.3) is 0 Å². The van der Waals surface area contributed by atoms with Crippen molar-refractivity contribution in [1.29, 1.82) is 0 Å². The fourth-order valence-corrected chi connectivity index (χ4v) is 10.5. The molecule has 0 N–H and O–H groups in total. The number of benzene rings is 9. The number of nitrogens with zero attached hydrogens (tertiary/aromatic N) is 1. The van der Waals surface area contributed by atoms with Crippen LogP contribution in [0.2, 0.25) is 0 Å². The molecule has 0 saturated heterocycles. The van der Waals surface area contributed by atoms with Crippen LogP contribution in [0.1, 0.15) is 43.2 Å². The SMILES string of the molecule is c1ccc(-c2cc(-c3ccccc3)cc(N(c3ccccc3-c3ccccc3-c3ccccc3-c3ccccc3)c3cccc4c3-c3ccccc3C43CCCCC3)c2)cc1. The van der Waals surface area contributed by atoms with Crippen LogP contribution in [0, 0.1) is 0 Å². The first kappa shape index (κ1) is 36.8. The molecule has 61 heavy (non-hydrogen) atoms. The van der Waals surface area contributed by atoms with E-state index < -0.39 is 0 Å². The zero-order chi connectivity index (χ0) is 40.6. The summed E-state index contributed by atoms with van der Waals surface area (Å²) in [5.74, 6) is 0. The molecule has 0 amide bonds. The molecule has 0 aliphatic heterocycles. The summed E-state index contributed by atoms with van der Waals surface area (Å²) < 4.78 is 0. The predicted octanol–water partition coefficient (Wildman–Crippen LogP) is 16.7. The van der Waals surface area contributed by atoms with Crippen LogP contribution >= 0.6 is 0 Å². The van der Waals surface area contributed by atoms with Crippen molar-refractivity contribution < 1.29 is 0 Å². The molecule has 1 fully saturated rings. The average Bonchev–Trinajstić information content (AvgIpc) is 3.61. The van der Waals surface area contributed by atoms with E-state index in [1.54, 1.807) is 0 Å². The number of fused-ring (bicyclic) bond motifs is 5. The molecule has 1 heteroatoms. The Kier molecular flexibility index (Phi) is 9.51. The first-order valence-corrected chi connectivity index (χ1v) is 21.9. The third kappa shape index (κ3) is 6.49. The topological polar surface area (TPSA) is 3.24 Å². The summed E-state index contributed by atoms with van der Waals surface area (Å²) in [6.07, 6.45) is 6.19. The number of para-hydroxylation sites is 1. The summed E-state index contributed by atoms with van der Waals surface area (Å²) in [5.41, 5.74) is 21.3. The van der Waals surface area contributed by atoms with Crippen LogP contribution in [0.15, 0.2) is 224 Å². The van der Waals surface area contributed by atoms with E-state index in [9.17, 15) is 0 Å². The first-order chi connectivity index (χ1) is 30.3. The van der Waals surface area contributed by atoms with Gasteiger partial charge in [-0.2, -0.15) is 0 Å². The number of anilines is 3. The highest BCUT2D eigenvalue weighted by Gasteiger charge is 2.45. The van der Waals surface area contributed by atoms with Crippen molar-refractivity contribution in [3.05, 3.63) is 236 Å². The fourth-order valence-electron chi connectivity index (χ4n) is 10.5. The van der Waals surface area contributed by atoms with Gasteiger partial charge in [-0.05, 0) is 110 Å². The Bertz CT molecular complexity index is 2940. The molecule has 0 aromatic heterocycles. The Morgan fingerprint density at radius 1 is 0.295 bits per heavy atom. The second-order valence-electron chi connectivity index (χ2n) is 16.7. The lowest BCUT2D eigenvalue weighted by molar-refractivity contribution is 0.353. The van der Waals surface area contributed by atoms with Gasteiger partial charge in [0.05, 0.1) is 11.4 Å². The lowest BCUT2D eigenvalue weighted by Gasteiger charge is -2.36. The lowest BCUT2D eigenvalue weighted by atomic mass is 9.68. The number of hydrogen-bond acceptors (Lipinski definition) is 1.